The summed E-state index contributed by atoms with van der Waals surface area (Å²) in [6.07, 6.45) is 2.30. The SMILES string of the molecule is Cc1ccc(C(=O)Nc2ccc(CN3C=CN(C)C=C3)c(C(F)(F)F)c2)cc1C#Cc1ccc2nc(N(C)C)nn2c1C. The predicted molar refractivity (Wildman–Crippen MR) is 160 cm³/mol. The molecule has 0 fully saturated rings. The summed E-state index contributed by atoms with van der Waals surface area (Å²) in [6.45, 7) is 3.81. The molecule has 2 aromatic heterocycles. The second-order valence-electron chi connectivity index (χ2n) is 10.4. The molecule has 3 heterocycles. The van der Waals surface area contributed by atoms with Gasteiger partial charge in [0.15, 0.2) is 5.65 Å². The number of halogens is 3. The first kappa shape index (κ1) is 29.3. The molecular formula is C32H30F3N7O. The molecule has 0 atom stereocenters. The summed E-state index contributed by atoms with van der Waals surface area (Å²) in [5.41, 5.74) is 3.37. The summed E-state index contributed by atoms with van der Waals surface area (Å²) in [7, 11) is 5.56. The lowest BCUT2D eigenvalue weighted by Crippen LogP contribution is -2.20. The molecule has 0 saturated heterocycles. The van der Waals surface area contributed by atoms with E-state index in [0.29, 0.717) is 17.2 Å². The maximum Gasteiger partial charge on any atom is 0.416 e. The van der Waals surface area contributed by atoms with Gasteiger partial charge in [0.25, 0.3) is 5.91 Å². The van der Waals surface area contributed by atoms with Gasteiger partial charge in [0, 0.05) is 74.9 Å². The summed E-state index contributed by atoms with van der Waals surface area (Å²) in [5, 5.41) is 7.12. The Labute approximate surface area is 247 Å². The van der Waals surface area contributed by atoms with Gasteiger partial charge in [0.1, 0.15) is 0 Å². The van der Waals surface area contributed by atoms with Gasteiger partial charge in [0.05, 0.1) is 11.3 Å². The normalized spacial score (nSPS) is 12.8. The number of nitrogens with zero attached hydrogens (tertiary/aromatic N) is 6. The first-order chi connectivity index (χ1) is 20.4. The van der Waals surface area contributed by atoms with E-state index < -0.39 is 17.6 Å². The number of nitrogens with one attached hydrogen (secondary N) is 1. The predicted octanol–water partition coefficient (Wildman–Crippen LogP) is 5.77. The second-order valence-corrected chi connectivity index (χ2v) is 10.4. The van der Waals surface area contributed by atoms with E-state index in [1.54, 1.807) is 57.3 Å². The van der Waals surface area contributed by atoms with Crippen molar-refractivity contribution in [3.05, 3.63) is 112 Å². The number of aromatic nitrogens is 3. The average Bonchev–Trinajstić information content (AvgIpc) is 3.41. The number of hydrogen-bond donors (Lipinski definition) is 1. The van der Waals surface area contributed by atoms with E-state index in [9.17, 15) is 18.0 Å². The Hall–Kier alpha value is -5.24. The minimum absolute atomic E-state index is 0.0318. The van der Waals surface area contributed by atoms with Gasteiger partial charge < -0.3 is 20.0 Å². The molecule has 220 valence electrons. The zero-order valence-electron chi connectivity index (χ0n) is 24.4. The van der Waals surface area contributed by atoms with Crippen molar-refractivity contribution < 1.29 is 18.0 Å². The molecule has 1 aliphatic rings. The molecule has 4 aromatic rings. The molecule has 0 bridgehead atoms. The number of aryl methyl sites for hydroxylation is 2. The monoisotopic (exact) mass is 585 g/mol. The van der Waals surface area contributed by atoms with Crippen LogP contribution in [0.4, 0.5) is 24.8 Å². The van der Waals surface area contributed by atoms with Gasteiger partial charge >= 0.3 is 6.18 Å². The van der Waals surface area contributed by atoms with Gasteiger partial charge in [-0.25, -0.2) is 4.52 Å². The third-order valence-electron chi connectivity index (χ3n) is 6.97. The van der Waals surface area contributed by atoms with Crippen LogP contribution in [0.3, 0.4) is 0 Å². The van der Waals surface area contributed by atoms with Crippen molar-refractivity contribution in [1.82, 2.24) is 24.4 Å². The number of alkyl halides is 3. The molecule has 1 aliphatic heterocycles. The van der Waals surface area contributed by atoms with Crippen molar-refractivity contribution in [2.24, 2.45) is 0 Å². The fraction of sp³-hybridized carbons (Fsp3) is 0.219. The lowest BCUT2D eigenvalue weighted by Gasteiger charge is -2.24. The summed E-state index contributed by atoms with van der Waals surface area (Å²) < 4.78 is 43.7. The van der Waals surface area contributed by atoms with Crippen molar-refractivity contribution in [2.45, 2.75) is 26.6 Å². The molecule has 0 saturated carbocycles. The number of rotatable bonds is 5. The molecule has 5 rings (SSSR count). The Morgan fingerprint density at radius 1 is 0.953 bits per heavy atom. The Balaban J connectivity index is 1.37. The molecule has 1 N–H and O–H groups in total. The molecule has 11 heteroatoms. The van der Waals surface area contributed by atoms with Gasteiger partial charge in [-0.3, -0.25) is 4.79 Å². The van der Waals surface area contributed by atoms with Crippen LogP contribution in [0.5, 0.6) is 0 Å². The fourth-order valence-electron chi connectivity index (χ4n) is 4.46. The van der Waals surface area contributed by atoms with E-state index in [4.69, 9.17) is 0 Å². The number of pyridine rings is 1. The lowest BCUT2D eigenvalue weighted by atomic mass is 10.0. The Morgan fingerprint density at radius 3 is 2.37 bits per heavy atom. The quantitative estimate of drug-likeness (QED) is 0.300. The van der Waals surface area contributed by atoms with Crippen LogP contribution >= 0.6 is 0 Å². The Bertz CT molecular complexity index is 1810. The van der Waals surface area contributed by atoms with Crippen molar-refractivity contribution in [2.75, 3.05) is 31.4 Å². The topological polar surface area (TPSA) is 69.0 Å². The van der Waals surface area contributed by atoms with Crippen LogP contribution in [0, 0.1) is 25.7 Å². The van der Waals surface area contributed by atoms with Gasteiger partial charge in [-0.15, -0.1) is 5.10 Å². The van der Waals surface area contributed by atoms with Crippen molar-refractivity contribution >= 4 is 23.2 Å². The maximum atomic E-state index is 14.0. The van der Waals surface area contributed by atoms with Crippen LogP contribution in [0.1, 0.15) is 43.9 Å². The Morgan fingerprint density at radius 2 is 1.67 bits per heavy atom. The minimum atomic E-state index is -4.59. The van der Waals surface area contributed by atoms with Crippen LogP contribution in [-0.2, 0) is 12.7 Å². The second kappa shape index (κ2) is 11.6. The highest BCUT2D eigenvalue weighted by atomic mass is 19.4. The molecule has 8 nitrogen and oxygen atoms in total. The van der Waals surface area contributed by atoms with Crippen molar-refractivity contribution in [3.63, 3.8) is 0 Å². The zero-order valence-corrected chi connectivity index (χ0v) is 24.4. The van der Waals surface area contributed by atoms with Gasteiger partial charge in [-0.05, 0) is 61.4 Å². The third-order valence-corrected chi connectivity index (χ3v) is 6.97. The molecule has 0 radical (unpaired) electrons. The standard InChI is InChI=1S/C32H30F3N7O/c1-21-6-7-25(18-24(21)9-8-23-11-13-29-37-31(39(3)4)38-42(29)22(23)2)30(43)36-27-12-10-26(28(19-27)32(33,34)35)20-41-16-14-40(5)15-17-41/h6-7,10-19H,20H2,1-5H3,(H,36,43). The summed E-state index contributed by atoms with van der Waals surface area (Å²) >= 11 is 0. The van der Waals surface area contributed by atoms with Crippen LogP contribution in [0.2, 0.25) is 0 Å². The first-order valence-electron chi connectivity index (χ1n) is 13.4. The van der Waals surface area contributed by atoms with E-state index in [2.05, 4.69) is 27.2 Å². The van der Waals surface area contributed by atoms with Crippen molar-refractivity contribution in [3.8, 4) is 11.8 Å². The zero-order chi connectivity index (χ0) is 30.9. The van der Waals surface area contributed by atoms with Crippen LogP contribution in [0.25, 0.3) is 5.65 Å². The van der Waals surface area contributed by atoms with E-state index >= 15 is 0 Å². The lowest BCUT2D eigenvalue weighted by molar-refractivity contribution is -0.138. The number of carbonyl (C=O) groups is 1. The highest BCUT2D eigenvalue weighted by Crippen LogP contribution is 2.35. The first-order valence-corrected chi connectivity index (χ1v) is 13.4. The molecule has 2 aromatic carbocycles. The van der Waals surface area contributed by atoms with Crippen LogP contribution in [-0.4, -0.2) is 51.4 Å². The third kappa shape index (κ3) is 6.48. The van der Waals surface area contributed by atoms with Gasteiger partial charge in [-0.1, -0.05) is 24.0 Å². The largest absolute Gasteiger partial charge is 0.416 e. The van der Waals surface area contributed by atoms with E-state index in [0.717, 1.165) is 22.9 Å². The van der Waals surface area contributed by atoms with E-state index in [1.807, 2.05) is 52.0 Å². The summed E-state index contributed by atoms with van der Waals surface area (Å²) in [4.78, 5) is 22.9. The number of hydrogen-bond acceptors (Lipinski definition) is 6. The van der Waals surface area contributed by atoms with Gasteiger partial charge in [-0.2, -0.15) is 18.2 Å². The van der Waals surface area contributed by atoms with E-state index in [-0.39, 0.29) is 23.4 Å². The number of carbonyl (C=O) groups excluding carboxylic acids is 1. The molecule has 0 spiro atoms. The highest BCUT2D eigenvalue weighted by Gasteiger charge is 2.34. The molecule has 0 unspecified atom stereocenters. The number of amides is 1. The number of fused-ring (bicyclic) bond motifs is 1. The molecule has 1 amide bonds. The molecular weight excluding hydrogens is 555 g/mol. The fourth-order valence-corrected chi connectivity index (χ4v) is 4.46. The number of anilines is 2. The van der Waals surface area contributed by atoms with Crippen LogP contribution in [0.15, 0.2) is 73.3 Å². The minimum Gasteiger partial charge on any atom is -0.354 e. The highest BCUT2D eigenvalue weighted by molar-refractivity contribution is 6.04. The van der Waals surface area contributed by atoms with Crippen molar-refractivity contribution in [1.29, 1.82) is 0 Å². The van der Waals surface area contributed by atoms with Gasteiger partial charge in [0.2, 0.25) is 5.95 Å². The summed E-state index contributed by atoms with van der Waals surface area (Å²) in [6, 6.07) is 12.6. The summed E-state index contributed by atoms with van der Waals surface area (Å²) in [5.74, 6) is 6.34. The maximum absolute atomic E-state index is 14.0. The van der Waals surface area contributed by atoms with Crippen LogP contribution < -0.4 is 10.2 Å². The molecule has 43 heavy (non-hydrogen) atoms. The molecule has 0 aliphatic carbocycles. The average molecular weight is 586 g/mol. The van der Waals surface area contributed by atoms with E-state index in [1.165, 1.54) is 12.1 Å². The number of benzene rings is 2. The Kier molecular flexibility index (Phi) is 7.87. The smallest absolute Gasteiger partial charge is 0.354 e.